The zero-order valence-corrected chi connectivity index (χ0v) is 11.0. The molecule has 0 heterocycles. The summed E-state index contributed by atoms with van der Waals surface area (Å²) in [5.74, 6) is 0.258. The van der Waals surface area contributed by atoms with Crippen molar-refractivity contribution in [2.75, 3.05) is 25.6 Å². The molecule has 4 nitrogen and oxygen atoms in total. The summed E-state index contributed by atoms with van der Waals surface area (Å²) in [4.78, 5) is 1.77. The monoisotopic (exact) mass is 273 g/mol. The summed E-state index contributed by atoms with van der Waals surface area (Å²) in [6.45, 7) is 0. The van der Waals surface area contributed by atoms with E-state index in [-0.39, 0.29) is 20.6 Å². The summed E-state index contributed by atoms with van der Waals surface area (Å²) in [6, 6.07) is 0. The number of nitrogens with zero attached hydrogens (tertiary/aromatic N) is 1. The number of rotatable bonds is 4. The lowest BCUT2D eigenvalue weighted by molar-refractivity contribution is 0.462. The second kappa shape index (κ2) is 9.26. The van der Waals surface area contributed by atoms with Crippen LogP contribution in [0.25, 0.3) is 0 Å². The minimum Gasteiger partial charge on any atom is -0.748 e. The van der Waals surface area contributed by atoms with Crippen molar-refractivity contribution in [2.45, 2.75) is 13.8 Å². The molecule has 0 spiro atoms. The van der Waals surface area contributed by atoms with Gasteiger partial charge >= 0.3 is 0 Å². The summed E-state index contributed by atoms with van der Waals surface area (Å²) >= 11 is 6.33. The maximum absolute atomic E-state index is 10.2. The topological polar surface area (TPSA) is 60.4 Å². The Hall–Kier alpha value is 0.0200. The van der Waals surface area contributed by atoms with Gasteiger partial charge in [-0.15, -0.1) is 0 Å². The van der Waals surface area contributed by atoms with Crippen molar-refractivity contribution < 1.29 is 13.0 Å². The van der Waals surface area contributed by atoms with Crippen LogP contribution in [0.2, 0.25) is 0 Å². The standard InChI is InChI=1S/C6H13NO3S3.CH4.CH3/c1-7(2)6(11)12-4-3-5-13(8,9)10;;/h3-5H2,1-2H3,(H,8,9,10);1H4;1H3/q;;+1/p-1. The summed E-state index contributed by atoms with van der Waals surface area (Å²) in [7, 11) is -0.424. The van der Waals surface area contributed by atoms with Gasteiger partial charge in [0.25, 0.3) is 0 Å². The van der Waals surface area contributed by atoms with Gasteiger partial charge in [0.05, 0.1) is 10.1 Å². The minimum atomic E-state index is -4.06. The van der Waals surface area contributed by atoms with E-state index in [1.807, 2.05) is 14.1 Å². The summed E-state index contributed by atoms with van der Waals surface area (Å²) in [5.41, 5.74) is 0. The predicted molar refractivity (Wildman–Crippen MR) is 71.1 cm³/mol. The molecule has 0 atom stereocenters. The van der Waals surface area contributed by atoms with Crippen molar-refractivity contribution in [3.8, 4) is 0 Å². The van der Waals surface area contributed by atoms with E-state index in [4.69, 9.17) is 12.2 Å². The van der Waals surface area contributed by atoms with Crippen LogP contribution >= 0.6 is 24.0 Å². The van der Waals surface area contributed by atoms with Crippen molar-refractivity contribution in [1.82, 2.24) is 4.90 Å². The fourth-order valence-corrected chi connectivity index (χ4v) is 2.18. The van der Waals surface area contributed by atoms with Crippen LogP contribution in [-0.2, 0) is 10.1 Å². The van der Waals surface area contributed by atoms with Crippen LogP contribution in [0, 0.1) is 7.43 Å². The molecule has 0 radical (unpaired) electrons. The summed E-state index contributed by atoms with van der Waals surface area (Å²) in [6.07, 6.45) is 0.352. The van der Waals surface area contributed by atoms with Gasteiger partial charge in [0.1, 0.15) is 4.32 Å². The number of thiocarbonyl (C=S) groups is 1. The molecule has 0 unspecified atom stereocenters. The Morgan fingerprint density at radius 3 is 2.27 bits per heavy atom. The Morgan fingerprint density at radius 1 is 1.47 bits per heavy atom. The molecule has 92 valence electrons. The fourth-order valence-electron chi connectivity index (χ4n) is 0.524. The molecule has 0 fully saturated rings. The molecule has 0 aliphatic rings. The molecule has 0 bridgehead atoms. The van der Waals surface area contributed by atoms with E-state index < -0.39 is 10.1 Å². The van der Waals surface area contributed by atoms with E-state index in [1.165, 1.54) is 11.8 Å². The lowest BCUT2D eigenvalue weighted by Crippen LogP contribution is -2.16. The van der Waals surface area contributed by atoms with Gasteiger partial charge in [-0.05, 0) is 6.42 Å². The lowest BCUT2D eigenvalue weighted by atomic mass is 10.6. The smallest absolute Gasteiger partial charge is 0.135 e. The second-order valence-corrected chi connectivity index (χ2v) is 5.88. The Balaban J connectivity index is -0.000000720. The molecular formula is C8H19NO3S3. The Labute approximate surface area is 103 Å². The maximum Gasteiger partial charge on any atom is 0.135 e. The first kappa shape index (κ1) is 20.4. The summed E-state index contributed by atoms with van der Waals surface area (Å²) < 4.78 is 31.3. The van der Waals surface area contributed by atoms with E-state index in [0.29, 0.717) is 16.5 Å². The van der Waals surface area contributed by atoms with Gasteiger partial charge in [-0.3, -0.25) is 0 Å². The molecule has 0 aromatic rings. The molecule has 15 heavy (non-hydrogen) atoms. The number of hydrogen-bond acceptors (Lipinski definition) is 5. The minimum absolute atomic E-state index is 0. The highest BCUT2D eigenvalue weighted by Gasteiger charge is 2.00. The van der Waals surface area contributed by atoms with Gasteiger partial charge in [-0.2, -0.15) is 0 Å². The summed E-state index contributed by atoms with van der Waals surface area (Å²) in [5, 5.41) is 0. The van der Waals surface area contributed by atoms with E-state index in [0.717, 1.165) is 0 Å². The maximum atomic E-state index is 10.2. The SMILES string of the molecule is C.CN(C)C(=S)SCCCS(=O)(=O)[O-].[CH3+]. The molecular weight excluding hydrogens is 254 g/mol. The molecule has 0 amide bonds. The third kappa shape index (κ3) is 14.0. The lowest BCUT2D eigenvalue weighted by Gasteiger charge is -2.12. The fraction of sp³-hybridized carbons (Fsp3) is 0.750. The van der Waals surface area contributed by atoms with Crippen molar-refractivity contribution in [2.24, 2.45) is 0 Å². The van der Waals surface area contributed by atoms with Crippen LogP contribution in [0.5, 0.6) is 0 Å². The zero-order valence-electron chi connectivity index (χ0n) is 8.52. The van der Waals surface area contributed by atoms with Crippen molar-refractivity contribution in [3.63, 3.8) is 0 Å². The van der Waals surface area contributed by atoms with Crippen LogP contribution in [0.3, 0.4) is 0 Å². The van der Waals surface area contributed by atoms with Crippen molar-refractivity contribution in [3.05, 3.63) is 7.43 Å². The van der Waals surface area contributed by atoms with Gasteiger partial charge in [0.2, 0.25) is 0 Å². The Kier molecular flexibility index (Phi) is 12.6. The van der Waals surface area contributed by atoms with Gasteiger partial charge < -0.3 is 9.45 Å². The normalized spacial score (nSPS) is 9.80. The molecule has 0 rings (SSSR count). The molecule has 0 aromatic carbocycles. The number of thioether (sulfide) groups is 1. The average Bonchev–Trinajstić information content (AvgIpc) is 1.95. The number of hydrogen-bond donors (Lipinski definition) is 0. The van der Waals surface area contributed by atoms with Gasteiger partial charge in [0.15, 0.2) is 0 Å². The Bertz CT molecular complexity index is 262. The van der Waals surface area contributed by atoms with Crippen LogP contribution in [0.15, 0.2) is 0 Å². The van der Waals surface area contributed by atoms with E-state index >= 15 is 0 Å². The molecule has 0 saturated heterocycles. The molecule has 0 N–H and O–H groups in total. The molecule has 0 saturated carbocycles. The van der Waals surface area contributed by atoms with Crippen LogP contribution < -0.4 is 0 Å². The van der Waals surface area contributed by atoms with Crippen molar-refractivity contribution in [1.29, 1.82) is 0 Å². The van der Waals surface area contributed by atoms with Gasteiger partial charge in [-0.1, -0.05) is 31.4 Å². The first-order chi connectivity index (χ1) is 5.83. The van der Waals surface area contributed by atoms with Crippen molar-refractivity contribution >= 4 is 38.4 Å². The Morgan fingerprint density at radius 2 is 1.93 bits per heavy atom. The molecule has 0 aliphatic heterocycles. The highest BCUT2D eigenvalue weighted by Crippen LogP contribution is 2.08. The van der Waals surface area contributed by atoms with E-state index in [1.54, 1.807) is 4.90 Å². The largest absolute Gasteiger partial charge is 0.748 e. The molecule has 7 heteroatoms. The molecule has 0 aliphatic carbocycles. The first-order valence-electron chi connectivity index (χ1n) is 3.60. The third-order valence-corrected chi connectivity index (χ3v) is 3.74. The van der Waals surface area contributed by atoms with Crippen LogP contribution in [0.4, 0.5) is 0 Å². The molecule has 0 aromatic heterocycles. The first-order valence-corrected chi connectivity index (χ1v) is 6.57. The predicted octanol–water partition coefficient (Wildman–Crippen LogP) is 1.59. The quantitative estimate of drug-likeness (QED) is 0.335. The van der Waals surface area contributed by atoms with Gasteiger partial charge in [0, 0.05) is 33.0 Å². The van der Waals surface area contributed by atoms with E-state index in [2.05, 4.69) is 0 Å². The van der Waals surface area contributed by atoms with Crippen LogP contribution in [-0.4, -0.2) is 47.8 Å². The van der Waals surface area contributed by atoms with Gasteiger partial charge in [-0.25, -0.2) is 8.42 Å². The zero-order chi connectivity index (χ0) is 10.5. The second-order valence-electron chi connectivity index (χ2n) is 2.62. The highest BCUT2D eigenvalue weighted by atomic mass is 32.2. The van der Waals surface area contributed by atoms with Crippen LogP contribution in [0.1, 0.15) is 13.8 Å². The third-order valence-electron chi connectivity index (χ3n) is 1.13. The average molecular weight is 273 g/mol. The van der Waals surface area contributed by atoms with E-state index in [9.17, 15) is 13.0 Å². The highest BCUT2D eigenvalue weighted by molar-refractivity contribution is 8.22.